The monoisotopic (exact) mass is 381 g/mol. The zero-order valence-electron chi connectivity index (χ0n) is 14.5. The number of nitrogens with one attached hydrogen (secondary N) is 1. The average Bonchev–Trinajstić information content (AvgIpc) is 2.63. The molecule has 27 heavy (non-hydrogen) atoms. The van der Waals surface area contributed by atoms with E-state index in [1.54, 1.807) is 36.4 Å². The number of hydrogen-bond donors (Lipinski definition) is 1. The van der Waals surface area contributed by atoms with Gasteiger partial charge in [0.25, 0.3) is 5.91 Å². The molecule has 0 aliphatic carbocycles. The highest BCUT2D eigenvalue weighted by molar-refractivity contribution is 5.94. The molecular weight excluding hydrogens is 363 g/mol. The van der Waals surface area contributed by atoms with Crippen LogP contribution in [0.15, 0.2) is 48.5 Å². The van der Waals surface area contributed by atoms with Crippen LogP contribution >= 0.6 is 0 Å². The van der Waals surface area contributed by atoms with Crippen molar-refractivity contribution in [3.05, 3.63) is 59.7 Å². The molecule has 1 amide bonds. The highest BCUT2D eigenvalue weighted by Crippen LogP contribution is 2.19. The average molecular weight is 381 g/mol. The van der Waals surface area contributed by atoms with Crippen LogP contribution in [0.5, 0.6) is 11.5 Å². The van der Waals surface area contributed by atoms with E-state index >= 15 is 0 Å². The number of rotatable bonds is 8. The fraction of sp³-hybridized carbons (Fsp3) is 0.263. The summed E-state index contributed by atoms with van der Waals surface area (Å²) in [5, 5.41) is 2.63. The van der Waals surface area contributed by atoms with Crippen LogP contribution in [0, 0.1) is 0 Å². The lowest BCUT2D eigenvalue weighted by Gasteiger charge is -2.10. The minimum Gasteiger partial charge on any atom is -0.484 e. The summed E-state index contributed by atoms with van der Waals surface area (Å²) in [6.07, 6.45) is -4.39. The molecule has 0 aliphatic rings. The summed E-state index contributed by atoms with van der Waals surface area (Å²) in [5.41, 5.74) is 1.18. The molecular formula is C19H18F3NO4. The van der Waals surface area contributed by atoms with E-state index < -0.39 is 12.8 Å². The van der Waals surface area contributed by atoms with E-state index in [0.29, 0.717) is 16.9 Å². The molecule has 0 saturated heterocycles. The zero-order valence-corrected chi connectivity index (χ0v) is 14.5. The van der Waals surface area contributed by atoms with Gasteiger partial charge in [-0.15, -0.1) is 0 Å². The van der Waals surface area contributed by atoms with Gasteiger partial charge in [0.05, 0.1) is 0 Å². The molecule has 2 rings (SSSR count). The Morgan fingerprint density at radius 2 is 1.70 bits per heavy atom. The van der Waals surface area contributed by atoms with Crippen LogP contribution in [-0.2, 0) is 11.3 Å². The molecule has 5 nitrogen and oxygen atoms in total. The van der Waals surface area contributed by atoms with Gasteiger partial charge in [-0.2, -0.15) is 13.2 Å². The molecule has 0 saturated carbocycles. The maximum atomic E-state index is 12.1. The van der Waals surface area contributed by atoms with Gasteiger partial charge in [0.15, 0.2) is 19.0 Å². The summed E-state index contributed by atoms with van der Waals surface area (Å²) >= 11 is 0. The first kappa shape index (κ1) is 20.3. The maximum Gasteiger partial charge on any atom is 0.422 e. The standard InChI is InChI=1S/C19H18F3NO4/c1-13(24)15-3-2-4-17(9-15)26-11-18(25)23-10-14-5-7-16(8-6-14)27-12-19(20,21)22/h2-9H,10-12H2,1H3,(H,23,25). The van der Waals surface area contributed by atoms with E-state index in [-0.39, 0.29) is 30.6 Å². The van der Waals surface area contributed by atoms with Gasteiger partial charge in [-0.05, 0) is 36.8 Å². The van der Waals surface area contributed by atoms with E-state index in [1.807, 2.05) is 0 Å². The number of carbonyl (C=O) groups is 2. The number of ketones is 1. The SMILES string of the molecule is CC(=O)c1cccc(OCC(=O)NCc2ccc(OCC(F)(F)F)cc2)c1. The minimum atomic E-state index is -4.39. The Morgan fingerprint density at radius 1 is 1.00 bits per heavy atom. The lowest BCUT2D eigenvalue weighted by atomic mass is 10.1. The normalized spacial score (nSPS) is 11.0. The van der Waals surface area contributed by atoms with Gasteiger partial charge in [-0.1, -0.05) is 24.3 Å². The van der Waals surface area contributed by atoms with Crippen molar-refractivity contribution in [1.29, 1.82) is 0 Å². The van der Waals surface area contributed by atoms with Crippen molar-refractivity contribution in [2.45, 2.75) is 19.6 Å². The number of carbonyl (C=O) groups excluding carboxylic acids is 2. The van der Waals surface area contributed by atoms with Gasteiger partial charge in [-0.3, -0.25) is 9.59 Å². The first-order chi connectivity index (χ1) is 12.7. The maximum absolute atomic E-state index is 12.1. The second-order valence-electron chi connectivity index (χ2n) is 5.70. The molecule has 2 aromatic carbocycles. The fourth-order valence-corrected chi connectivity index (χ4v) is 2.07. The molecule has 0 aliphatic heterocycles. The summed E-state index contributed by atoms with van der Waals surface area (Å²) in [6, 6.07) is 12.4. The van der Waals surface area contributed by atoms with Crippen LogP contribution in [0.1, 0.15) is 22.8 Å². The Hall–Kier alpha value is -3.03. The van der Waals surface area contributed by atoms with E-state index in [4.69, 9.17) is 4.74 Å². The molecule has 0 spiro atoms. The summed E-state index contributed by atoms with van der Waals surface area (Å²) in [7, 11) is 0. The Balaban J connectivity index is 1.77. The van der Waals surface area contributed by atoms with E-state index in [9.17, 15) is 22.8 Å². The molecule has 0 bridgehead atoms. The third-order valence-electron chi connectivity index (χ3n) is 3.43. The number of amides is 1. The molecule has 0 aromatic heterocycles. The van der Waals surface area contributed by atoms with Crippen LogP contribution in [0.2, 0.25) is 0 Å². The second-order valence-corrected chi connectivity index (χ2v) is 5.70. The van der Waals surface area contributed by atoms with Crippen LogP contribution in [0.4, 0.5) is 13.2 Å². The number of ether oxygens (including phenoxy) is 2. The van der Waals surface area contributed by atoms with Gasteiger partial charge < -0.3 is 14.8 Å². The number of hydrogen-bond acceptors (Lipinski definition) is 4. The predicted octanol–water partition coefficient (Wildman–Crippen LogP) is 3.53. The largest absolute Gasteiger partial charge is 0.484 e. The molecule has 144 valence electrons. The predicted molar refractivity (Wildman–Crippen MR) is 91.8 cm³/mol. The molecule has 0 fully saturated rings. The summed E-state index contributed by atoms with van der Waals surface area (Å²) in [5.74, 6) is 0.0216. The molecule has 2 aromatic rings. The van der Waals surface area contributed by atoms with Gasteiger partial charge in [0.1, 0.15) is 11.5 Å². The van der Waals surface area contributed by atoms with Gasteiger partial charge in [-0.25, -0.2) is 0 Å². The molecule has 0 heterocycles. The Bertz CT molecular complexity index is 788. The topological polar surface area (TPSA) is 64.6 Å². The summed E-state index contributed by atoms with van der Waals surface area (Å²) in [6.45, 7) is 0.0415. The van der Waals surface area contributed by atoms with Gasteiger partial charge in [0, 0.05) is 12.1 Å². The van der Waals surface area contributed by atoms with E-state index in [0.717, 1.165) is 0 Å². The van der Waals surface area contributed by atoms with Crippen LogP contribution in [0.25, 0.3) is 0 Å². The lowest BCUT2D eigenvalue weighted by Crippen LogP contribution is -2.28. The number of benzene rings is 2. The third-order valence-corrected chi connectivity index (χ3v) is 3.43. The second kappa shape index (κ2) is 9.07. The van der Waals surface area contributed by atoms with Gasteiger partial charge >= 0.3 is 6.18 Å². The summed E-state index contributed by atoms with van der Waals surface area (Å²) < 4.78 is 46.2. The Kier molecular flexibility index (Phi) is 6.81. The fourth-order valence-electron chi connectivity index (χ4n) is 2.07. The molecule has 0 atom stereocenters. The minimum absolute atomic E-state index is 0.0936. The lowest BCUT2D eigenvalue weighted by molar-refractivity contribution is -0.153. The van der Waals surface area contributed by atoms with Crippen molar-refractivity contribution < 1.29 is 32.2 Å². The highest BCUT2D eigenvalue weighted by Gasteiger charge is 2.28. The van der Waals surface area contributed by atoms with E-state index in [1.165, 1.54) is 19.1 Å². The third kappa shape index (κ3) is 7.39. The van der Waals surface area contributed by atoms with Crippen molar-refractivity contribution in [3.63, 3.8) is 0 Å². The van der Waals surface area contributed by atoms with Crippen molar-refractivity contribution in [2.24, 2.45) is 0 Å². The van der Waals surface area contributed by atoms with Crippen molar-refractivity contribution >= 4 is 11.7 Å². The number of halogens is 3. The van der Waals surface area contributed by atoms with Crippen LogP contribution in [-0.4, -0.2) is 31.1 Å². The van der Waals surface area contributed by atoms with Crippen molar-refractivity contribution in [3.8, 4) is 11.5 Å². The van der Waals surface area contributed by atoms with Gasteiger partial charge in [0.2, 0.25) is 0 Å². The van der Waals surface area contributed by atoms with Crippen molar-refractivity contribution in [2.75, 3.05) is 13.2 Å². The first-order valence-corrected chi connectivity index (χ1v) is 8.02. The van der Waals surface area contributed by atoms with Crippen LogP contribution < -0.4 is 14.8 Å². The Labute approximate surface area is 154 Å². The van der Waals surface area contributed by atoms with Crippen molar-refractivity contribution in [1.82, 2.24) is 5.32 Å². The highest BCUT2D eigenvalue weighted by atomic mass is 19.4. The smallest absolute Gasteiger partial charge is 0.422 e. The van der Waals surface area contributed by atoms with Crippen LogP contribution in [0.3, 0.4) is 0 Å². The molecule has 1 N–H and O–H groups in total. The number of Topliss-reactive ketones (excluding diaryl/α,β-unsaturated/α-hetero) is 1. The first-order valence-electron chi connectivity index (χ1n) is 8.02. The number of alkyl halides is 3. The summed E-state index contributed by atoms with van der Waals surface area (Å²) in [4.78, 5) is 23.1. The molecule has 0 unspecified atom stereocenters. The zero-order chi connectivity index (χ0) is 19.9. The quantitative estimate of drug-likeness (QED) is 0.711. The molecule has 0 radical (unpaired) electrons. The van der Waals surface area contributed by atoms with E-state index in [2.05, 4.69) is 10.1 Å². The Morgan fingerprint density at radius 3 is 2.33 bits per heavy atom. The molecule has 8 heteroatoms.